The highest BCUT2D eigenvalue weighted by Gasteiger charge is 2.38. The lowest BCUT2D eigenvalue weighted by Crippen LogP contribution is -2.49. The molecule has 4 aromatic rings. The van der Waals surface area contributed by atoms with Gasteiger partial charge in [-0.2, -0.15) is 13.2 Å². The molecule has 2 heterocycles. The van der Waals surface area contributed by atoms with Gasteiger partial charge >= 0.3 is 12.2 Å². The predicted molar refractivity (Wildman–Crippen MR) is 150 cm³/mol. The molecule has 1 N–H and O–H groups in total. The number of alkyl halides is 3. The van der Waals surface area contributed by atoms with Gasteiger partial charge < -0.3 is 19.5 Å². The van der Waals surface area contributed by atoms with Gasteiger partial charge in [-0.25, -0.2) is 4.79 Å². The zero-order chi connectivity index (χ0) is 29.3. The number of aromatic nitrogens is 1. The Morgan fingerprint density at radius 3 is 2.24 bits per heavy atom. The van der Waals surface area contributed by atoms with Gasteiger partial charge in [-0.1, -0.05) is 36.4 Å². The van der Waals surface area contributed by atoms with E-state index in [1.807, 2.05) is 71.4 Å². The van der Waals surface area contributed by atoms with E-state index < -0.39 is 35.8 Å². The van der Waals surface area contributed by atoms with Crippen LogP contribution in [0.5, 0.6) is 5.75 Å². The third kappa shape index (κ3) is 5.37. The number of nitrogens with zero attached hydrogens (tertiary/aromatic N) is 3. The van der Waals surface area contributed by atoms with Gasteiger partial charge in [0.25, 0.3) is 0 Å². The maximum absolute atomic E-state index is 14.2. The van der Waals surface area contributed by atoms with Gasteiger partial charge in [0.1, 0.15) is 18.3 Å². The van der Waals surface area contributed by atoms with E-state index >= 15 is 0 Å². The Labute approximate surface area is 235 Å². The van der Waals surface area contributed by atoms with Gasteiger partial charge in [-0.05, 0) is 67.9 Å². The maximum atomic E-state index is 14.2. The van der Waals surface area contributed by atoms with E-state index in [-0.39, 0.29) is 12.2 Å². The summed E-state index contributed by atoms with van der Waals surface area (Å²) in [7, 11) is 1.57. The lowest BCUT2D eigenvalue weighted by molar-refractivity contribution is -0.137. The first kappa shape index (κ1) is 27.8. The molecule has 1 aromatic heterocycles. The topological polar surface area (TPSA) is 66.8 Å². The number of benzene rings is 3. The molecule has 0 fully saturated rings. The molecule has 0 bridgehead atoms. The molecular formula is C31H29F3N4O3. The Hall–Kier alpha value is -4.73. The number of hydrogen-bond donors (Lipinski definition) is 1. The fourth-order valence-electron chi connectivity index (χ4n) is 5.10. The summed E-state index contributed by atoms with van der Waals surface area (Å²) in [6, 6.07) is 21.6. The normalized spacial score (nSPS) is 14.3. The number of nitrogens with one attached hydrogen (secondary N) is 1. The van der Waals surface area contributed by atoms with E-state index in [2.05, 4.69) is 5.32 Å². The van der Waals surface area contributed by atoms with Gasteiger partial charge in [0.05, 0.1) is 35.4 Å². The number of ether oxygens (including phenoxy) is 1. The number of carbonyl (C=O) groups excluding carboxylic acids is 2. The van der Waals surface area contributed by atoms with Crippen molar-refractivity contribution in [2.45, 2.75) is 32.1 Å². The minimum atomic E-state index is -4.65. The average molecular weight is 563 g/mol. The number of amides is 3. The number of methoxy groups -OCH3 is 1. The lowest BCUT2D eigenvalue weighted by Gasteiger charge is -2.40. The van der Waals surface area contributed by atoms with Crippen LogP contribution in [0, 0.1) is 0 Å². The Morgan fingerprint density at radius 1 is 0.927 bits per heavy atom. The molecule has 0 radical (unpaired) electrons. The zero-order valence-electron chi connectivity index (χ0n) is 22.7. The maximum Gasteiger partial charge on any atom is 0.418 e. The number of urea groups is 1. The van der Waals surface area contributed by atoms with Crippen LogP contribution in [0.3, 0.4) is 0 Å². The van der Waals surface area contributed by atoms with Crippen LogP contribution in [0.2, 0.25) is 0 Å². The molecule has 1 atom stereocenters. The Bertz CT molecular complexity index is 1560. The number of fused-ring (bicyclic) bond motifs is 3. The van der Waals surface area contributed by atoms with Gasteiger partial charge in [-0.15, -0.1) is 0 Å². The summed E-state index contributed by atoms with van der Waals surface area (Å²) in [4.78, 5) is 30.4. The molecule has 0 spiro atoms. The summed E-state index contributed by atoms with van der Waals surface area (Å²) < 4.78 is 48.0. The second-order valence-corrected chi connectivity index (χ2v) is 9.93. The molecule has 10 heteroatoms. The Balaban J connectivity index is 1.51. The van der Waals surface area contributed by atoms with E-state index in [1.54, 1.807) is 25.9 Å². The highest BCUT2D eigenvalue weighted by molar-refractivity contribution is 6.01. The van der Waals surface area contributed by atoms with Crippen molar-refractivity contribution in [1.29, 1.82) is 0 Å². The van der Waals surface area contributed by atoms with Crippen molar-refractivity contribution in [3.63, 3.8) is 0 Å². The molecule has 0 aliphatic carbocycles. The highest BCUT2D eigenvalue weighted by Crippen LogP contribution is 2.42. The molecule has 7 nitrogen and oxygen atoms in total. The van der Waals surface area contributed by atoms with Crippen LogP contribution >= 0.6 is 0 Å². The van der Waals surface area contributed by atoms with Gasteiger partial charge in [0.2, 0.25) is 5.91 Å². The highest BCUT2D eigenvalue weighted by atomic mass is 19.4. The Morgan fingerprint density at radius 2 is 1.59 bits per heavy atom. The summed E-state index contributed by atoms with van der Waals surface area (Å²) in [5, 5.41) is 2.37. The van der Waals surface area contributed by atoms with Gasteiger partial charge in [0.15, 0.2) is 0 Å². The number of halogens is 3. The first-order valence-corrected chi connectivity index (χ1v) is 13.1. The fraction of sp³-hybridized carbons (Fsp3) is 0.226. The number of hydrogen-bond acceptors (Lipinski definition) is 3. The van der Waals surface area contributed by atoms with Crippen molar-refractivity contribution in [3.8, 4) is 11.4 Å². The van der Waals surface area contributed by atoms with Crippen molar-refractivity contribution in [2.24, 2.45) is 0 Å². The van der Waals surface area contributed by atoms with Crippen LogP contribution in [-0.4, -0.2) is 41.1 Å². The van der Waals surface area contributed by atoms with E-state index in [9.17, 15) is 22.8 Å². The first-order chi connectivity index (χ1) is 19.6. The minimum absolute atomic E-state index is 0.362. The third-order valence-electron chi connectivity index (χ3n) is 7.08. The number of anilines is 2. The largest absolute Gasteiger partial charge is 0.497 e. The zero-order valence-corrected chi connectivity index (χ0v) is 22.7. The monoisotopic (exact) mass is 562 g/mol. The molecule has 3 amide bonds. The molecular weight excluding hydrogens is 533 g/mol. The van der Waals surface area contributed by atoms with Crippen LogP contribution in [-0.2, 0) is 11.0 Å². The van der Waals surface area contributed by atoms with E-state index in [1.165, 1.54) is 23.1 Å². The number of carbonyl (C=O) groups is 2. The molecule has 5 rings (SSSR count). The summed E-state index contributed by atoms with van der Waals surface area (Å²) in [6.07, 6.45) is -2.72. The smallest absolute Gasteiger partial charge is 0.418 e. The summed E-state index contributed by atoms with van der Waals surface area (Å²) >= 11 is 0. The van der Waals surface area contributed by atoms with E-state index in [0.717, 1.165) is 23.0 Å². The molecule has 0 saturated heterocycles. The first-order valence-electron chi connectivity index (χ1n) is 13.1. The third-order valence-corrected chi connectivity index (χ3v) is 7.08. The standard InChI is InChI=1S/C31H29F3N4O3/c1-20(2)37(30(40)35-24-10-5-4-9-23(24)31(32,33)34)19-28(39)38-26-12-7-6-11-25(26)36-18-8-13-27(36)29(38)21-14-16-22(41-3)17-15-21/h4-18,20,29H,19H2,1-3H3,(H,35,40). The van der Waals surface area contributed by atoms with Crippen molar-refractivity contribution >= 4 is 23.3 Å². The van der Waals surface area contributed by atoms with Crippen LogP contribution in [0.4, 0.5) is 29.3 Å². The molecule has 1 aliphatic heterocycles. The quantitative estimate of drug-likeness (QED) is 0.279. The molecule has 3 aromatic carbocycles. The average Bonchev–Trinajstić information content (AvgIpc) is 3.45. The van der Waals surface area contributed by atoms with Gasteiger partial charge in [0, 0.05) is 12.2 Å². The molecule has 1 unspecified atom stereocenters. The minimum Gasteiger partial charge on any atom is -0.497 e. The predicted octanol–water partition coefficient (Wildman–Crippen LogP) is 6.88. The molecule has 212 valence electrons. The van der Waals surface area contributed by atoms with Crippen molar-refractivity contribution < 1.29 is 27.5 Å². The SMILES string of the molecule is COc1ccc(C2c3cccn3-c3ccccc3N2C(=O)CN(C(=O)Nc2ccccc2C(F)(F)F)C(C)C)cc1. The molecule has 41 heavy (non-hydrogen) atoms. The van der Waals surface area contributed by atoms with E-state index in [0.29, 0.717) is 11.4 Å². The summed E-state index contributed by atoms with van der Waals surface area (Å²) in [6.45, 7) is 3.05. The second kappa shape index (κ2) is 11.0. The van der Waals surface area contributed by atoms with E-state index in [4.69, 9.17) is 4.74 Å². The van der Waals surface area contributed by atoms with Gasteiger partial charge in [-0.3, -0.25) is 9.69 Å². The summed E-state index contributed by atoms with van der Waals surface area (Å²) in [5.74, 6) is 0.277. The van der Waals surface area contributed by atoms with Crippen molar-refractivity contribution in [3.05, 3.63) is 108 Å². The lowest BCUT2D eigenvalue weighted by atomic mass is 9.97. The summed E-state index contributed by atoms with van der Waals surface area (Å²) in [5.41, 5.74) is 1.78. The second-order valence-electron chi connectivity index (χ2n) is 9.93. The Kier molecular flexibility index (Phi) is 7.49. The van der Waals surface area contributed by atoms with Crippen LogP contribution in [0.15, 0.2) is 91.1 Å². The molecule has 1 aliphatic rings. The van der Waals surface area contributed by atoms with Crippen molar-refractivity contribution in [1.82, 2.24) is 9.47 Å². The van der Waals surface area contributed by atoms with Crippen molar-refractivity contribution in [2.75, 3.05) is 23.9 Å². The van der Waals surface area contributed by atoms with Crippen LogP contribution in [0.1, 0.15) is 36.7 Å². The molecule has 0 saturated carbocycles. The number of rotatable bonds is 6. The van der Waals surface area contributed by atoms with Crippen LogP contribution in [0.25, 0.3) is 5.69 Å². The number of para-hydroxylation sites is 3. The van der Waals surface area contributed by atoms with Crippen LogP contribution < -0.4 is 15.0 Å². The fourth-order valence-corrected chi connectivity index (χ4v) is 5.10.